The first-order valence-corrected chi connectivity index (χ1v) is 8.38. The van der Waals surface area contributed by atoms with Gasteiger partial charge in [-0.2, -0.15) is 13.8 Å². The molecule has 0 fully saturated rings. The molecule has 0 aliphatic carbocycles. The molecule has 1 amide bonds. The third-order valence-electron chi connectivity index (χ3n) is 2.88. The van der Waals surface area contributed by atoms with Crippen molar-refractivity contribution < 1.29 is 4.79 Å². The molecule has 2 N–H and O–H groups in total. The number of carbonyl (C=O) groups is 1. The zero-order chi connectivity index (χ0) is 16.4. The van der Waals surface area contributed by atoms with Crippen LogP contribution in [0.25, 0.3) is 10.7 Å². The van der Waals surface area contributed by atoms with Gasteiger partial charge in [-0.15, -0.1) is 6.58 Å². The molecule has 0 aromatic carbocycles. The molecule has 3 rings (SSSR count). The minimum absolute atomic E-state index is 0.263. The number of aryl methyl sites for hydroxylation is 1. The minimum atomic E-state index is -0.344. The quantitative estimate of drug-likeness (QED) is 0.532. The molecular weight excluding hydrogens is 354 g/mol. The predicted octanol–water partition coefficient (Wildman–Crippen LogP) is 2.66. The number of allylic oxidation sites excluding steroid dienone is 1. The lowest BCUT2D eigenvalue weighted by Crippen LogP contribution is -2.11. The zero-order valence-electron chi connectivity index (χ0n) is 11.9. The maximum Gasteiger partial charge on any atom is 0.278 e. The van der Waals surface area contributed by atoms with Crippen LogP contribution in [-0.2, 0) is 6.54 Å². The summed E-state index contributed by atoms with van der Waals surface area (Å²) in [6, 6.07) is 0. The molecule has 0 spiro atoms. The van der Waals surface area contributed by atoms with Crippen LogP contribution in [0.4, 0.5) is 5.13 Å². The summed E-state index contributed by atoms with van der Waals surface area (Å²) in [4.78, 5) is 17.2. The summed E-state index contributed by atoms with van der Waals surface area (Å²) < 4.78 is 10.0. The predicted molar refractivity (Wildman–Crippen MR) is 91.3 cm³/mol. The maximum atomic E-state index is 12.0. The average molecular weight is 365 g/mol. The van der Waals surface area contributed by atoms with E-state index < -0.39 is 0 Å². The Balaban J connectivity index is 1.91. The van der Waals surface area contributed by atoms with Crippen molar-refractivity contribution in [2.24, 2.45) is 0 Å². The number of anilines is 1. The van der Waals surface area contributed by atoms with E-state index in [9.17, 15) is 4.79 Å². The van der Waals surface area contributed by atoms with Gasteiger partial charge in [0.2, 0.25) is 0 Å². The number of hydrogen-bond acceptors (Lipinski definition) is 8. The highest BCUT2D eigenvalue weighted by atomic mass is 32.1. The number of carbonyl (C=O) groups excluding carboxylic acids is 1. The SMILES string of the molecule is C=CCn1c(-c2sc(NC(=O)c3cnsn3)nc2C)n[nH]c1=S. The summed E-state index contributed by atoms with van der Waals surface area (Å²) in [5.74, 6) is 0.324. The van der Waals surface area contributed by atoms with Crippen LogP contribution >= 0.6 is 35.3 Å². The molecule has 0 bridgehead atoms. The molecule has 11 heteroatoms. The van der Waals surface area contributed by atoms with Crippen LogP contribution in [0.5, 0.6) is 0 Å². The van der Waals surface area contributed by atoms with Gasteiger partial charge in [0.15, 0.2) is 21.4 Å². The standard InChI is InChI=1S/C12H11N7OS3/c1-3-4-19-9(16-17-12(19)21)8-6(2)14-11(22-8)15-10(20)7-5-13-23-18-7/h3,5H,1,4H2,2H3,(H,17,21)(H,14,15,20). The molecule has 0 atom stereocenters. The molecule has 0 radical (unpaired) electrons. The lowest BCUT2D eigenvalue weighted by atomic mass is 10.3. The number of amides is 1. The Morgan fingerprint density at radius 3 is 3.13 bits per heavy atom. The molecule has 8 nitrogen and oxygen atoms in total. The van der Waals surface area contributed by atoms with Gasteiger partial charge in [-0.1, -0.05) is 17.4 Å². The van der Waals surface area contributed by atoms with Gasteiger partial charge >= 0.3 is 0 Å². The van der Waals surface area contributed by atoms with Crippen molar-refractivity contribution in [3.8, 4) is 10.7 Å². The lowest BCUT2D eigenvalue weighted by molar-refractivity contribution is 0.102. The van der Waals surface area contributed by atoms with Gasteiger partial charge in [0.25, 0.3) is 5.91 Å². The number of H-pyrrole nitrogens is 1. The lowest BCUT2D eigenvalue weighted by Gasteiger charge is -2.01. The summed E-state index contributed by atoms with van der Waals surface area (Å²) in [5.41, 5.74) is 1.01. The van der Waals surface area contributed by atoms with Crippen molar-refractivity contribution >= 4 is 46.3 Å². The monoisotopic (exact) mass is 365 g/mol. The highest BCUT2D eigenvalue weighted by Gasteiger charge is 2.18. The van der Waals surface area contributed by atoms with Crippen molar-refractivity contribution in [2.45, 2.75) is 13.5 Å². The third-order valence-corrected chi connectivity index (χ3v) is 4.74. The minimum Gasteiger partial charge on any atom is -0.296 e. The molecule has 0 aliphatic rings. The highest BCUT2D eigenvalue weighted by Crippen LogP contribution is 2.31. The molecule has 3 heterocycles. The molecular formula is C12H11N7OS3. The number of rotatable bonds is 5. The summed E-state index contributed by atoms with van der Waals surface area (Å²) in [7, 11) is 0. The van der Waals surface area contributed by atoms with Gasteiger partial charge < -0.3 is 0 Å². The van der Waals surface area contributed by atoms with Gasteiger partial charge in [-0.3, -0.25) is 19.8 Å². The molecule has 3 aromatic rings. The van der Waals surface area contributed by atoms with E-state index in [-0.39, 0.29) is 11.6 Å². The molecule has 0 saturated carbocycles. The normalized spacial score (nSPS) is 10.7. The second kappa shape index (κ2) is 6.48. The molecule has 0 unspecified atom stereocenters. The van der Waals surface area contributed by atoms with E-state index in [4.69, 9.17) is 12.2 Å². The fraction of sp³-hybridized carbons (Fsp3) is 0.167. The Hall–Kier alpha value is -2.24. The number of hydrogen-bond donors (Lipinski definition) is 2. The van der Waals surface area contributed by atoms with Crippen LogP contribution < -0.4 is 5.32 Å². The van der Waals surface area contributed by atoms with Crippen molar-refractivity contribution in [3.05, 3.63) is 35.0 Å². The third kappa shape index (κ3) is 3.11. The number of nitrogens with one attached hydrogen (secondary N) is 2. The van der Waals surface area contributed by atoms with E-state index in [1.165, 1.54) is 17.5 Å². The fourth-order valence-electron chi connectivity index (χ4n) is 1.87. The molecule has 118 valence electrons. The van der Waals surface area contributed by atoms with E-state index in [0.29, 0.717) is 22.3 Å². The Kier molecular flexibility index (Phi) is 4.41. The first-order valence-electron chi connectivity index (χ1n) is 6.43. The Labute approximate surface area is 144 Å². The molecule has 0 saturated heterocycles. The summed E-state index contributed by atoms with van der Waals surface area (Å²) in [6.07, 6.45) is 3.15. The highest BCUT2D eigenvalue weighted by molar-refractivity contribution is 7.71. The van der Waals surface area contributed by atoms with Gasteiger partial charge in [0, 0.05) is 6.54 Å². The van der Waals surface area contributed by atoms with Crippen molar-refractivity contribution in [2.75, 3.05) is 5.32 Å². The molecule has 23 heavy (non-hydrogen) atoms. The van der Waals surface area contributed by atoms with Crippen molar-refractivity contribution in [1.29, 1.82) is 0 Å². The first kappa shape index (κ1) is 15.6. The smallest absolute Gasteiger partial charge is 0.278 e. The second-order valence-electron chi connectivity index (χ2n) is 4.43. The van der Waals surface area contributed by atoms with Crippen molar-refractivity contribution in [3.63, 3.8) is 0 Å². The van der Waals surface area contributed by atoms with Crippen LogP contribution in [0.1, 0.15) is 16.2 Å². The van der Waals surface area contributed by atoms with Crippen LogP contribution in [0.2, 0.25) is 0 Å². The Morgan fingerprint density at radius 2 is 2.43 bits per heavy atom. The average Bonchev–Trinajstić information content (AvgIpc) is 3.22. The van der Waals surface area contributed by atoms with Crippen LogP contribution in [0.3, 0.4) is 0 Å². The zero-order valence-corrected chi connectivity index (χ0v) is 14.4. The summed E-state index contributed by atoms with van der Waals surface area (Å²) in [6.45, 7) is 6.10. The number of nitrogens with zero attached hydrogens (tertiary/aromatic N) is 5. The number of aromatic amines is 1. The second-order valence-corrected chi connectivity index (χ2v) is 6.37. The van der Waals surface area contributed by atoms with Crippen LogP contribution in [0.15, 0.2) is 18.9 Å². The van der Waals surface area contributed by atoms with Crippen molar-refractivity contribution in [1.82, 2.24) is 28.5 Å². The van der Waals surface area contributed by atoms with E-state index in [0.717, 1.165) is 22.3 Å². The molecule has 3 aromatic heterocycles. The van der Waals surface area contributed by atoms with Crippen LogP contribution in [-0.4, -0.2) is 34.4 Å². The summed E-state index contributed by atoms with van der Waals surface area (Å²) >= 11 is 7.51. The van der Waals surface area contributed by atoms with E-state index >= 15 is 0 Å². The fourth-order valence-corrected chi connectivity index (χ4v) is 3.45. The van der Waals surface area contributed by atoms with E-state index in [2.05, 4.69) is 35.8 Å². The topological polar surface area (TPSA) is 101 Å². The number of aromatic nitrogens is 6. The first-order chi connectivity index (χ1) is 11.1. The van der Waals surface area contributed by atoms with E-state index in [1.807, 2.05) is 11.5 Å². The van der Waals surface area contributed by atoms with E-state index in [1.54, 1.807) is 6.08 Å². The summed E-state index contributed by atoms with van der Waals surface area (Å²) in [5, 5.41) is 10.2. The van der Waals surface area contributed by atoms with Crippen LogP contribution in [0, 0.1) is 11.7 Å². The van der Waals surface area contributed by atoms with Gasteiger partial charge in [-0.05, 0) is 19.1 Å². The Morgan fingerprint density at radius 1 is 1.61 bits per heavy atom. The largest absolute Gasteiger partial charge is 0.296 e. The van der Waals surface area contributed by atoms with Gasteiger partial charge in [0.05, 0.1) is 28.5 Å². The van der Waals surface area contributed by atoms with Gasteiger partial charge in [-0.25, -0.2) is 4.98 Å². The maximum absolute atomic E-state index is 12.0. The number of thiazole rings is 1. The van der Waals surface area contributed by atoms with Gasteiger partial charge in [0.1, 0.15) is 0 Å². The molecule has 0 aliphatic heterocycles. The Bertz CT molecular complexity index is 906.